The van der Waals surface area contributed by atoms with Gasteiger partial charge in [0.15, 0.2) is 0 Å². The van der Waals surface area contributed by atoms with Crippen LogP contribution in [0.1, 0.15) is 15.9 Å². The maximum atomic E-state index is 12.2. The Bertz CT molecular complexity index is 482. The molecule has 1 rings (SSSR count). The van der Waals surface area contributed by atoms with Gasteiger partial charge in [0.05, 0.1) is 6.07 Å². The first-order chi connectivity index (χ1) is 8.35. The molecule has 96 valence electrons. The number of amides is 1. The Morgan fingerprint density at radius 2 is 2.06 bits per heavy atom. The van der Waals surface area contributed by atoms with Crippen molar-refractivity contribution in [2.45, 2.75) is 10.0 Å². The lowest BCUT2D eigenvalue weighted by atomic mass is 10.1. The van der Waals surface area contributed by atoms with Crippen LogP contribution in [-0.4, -0.2) is 19.9 Å². The molecule has 1 aromatic carbocycles. The summed E-state index contributed by atoms with van der Waals surface area (Å²) in [6.45, 7) is 1.64. The number of halogens is 3. The van der Waals surface area contributed by atoms with Crippen molar-refractivity contribution in [1.29, 1.82) is 5.26 Å². The first-order valence-electron chi connectivity index (χ1n) is 4.85. The number of hydrogen-bond acceptors (Lipinski definition) is 3. The molecular formula is C11H9Cl3N2OS. The third-order valence-electron chi connectivity index (χ3n) is 2.03. The summed E-state index contributed by atoms with van der Waals surface area (Å²) in [5, 5.41) is 8.71. The maximum Gasteiger partial charge on any atom is 0.265 e. The zero-order valence-electron chi connectivity index (χ0n) is 9.36. The van der Waals surface area contributed by atoms with E-state index in [4.69, 9.17) is 40.1 Å². The van der Waals surface area contributed by atoms with Gasteiger partial charge in [-0.2, -0.15) is 5.26 Å². The van der Waals surface area contributed by atoms with Crippen LogP contribution < -0.4 is 0 Å². The maximum absolute atomic E-state index is 12.2. The van der Waals surface area contributed by atoms with Gasteiger partial charge in [0, 0.05) is 17.5 Å². The highest BCUT2D eigenvalue weighted by Crippen LogP contribution is 2.41. The monoisotopic (exact) mass is 322 g/mol. The number of nitrogens with zero attached hydrogens (tertiary/aromatic N) is 2. The van der Waals surface area contributed by atoms with Crippen molar-refractivity contribution in [3.05, 3.63) is 35.4 Å². The summed E-state index contributed by atoms with van der Waals surface area (Å²) in [6.07, 6.45) is 0. The Kier molecular flexibility index (Phi) is 5.61. The molecule has 0 fully saturated rings. The average Bonchev–Trinajstić information content (AvgIpc) is 2.26. The van der Waals surface area contributed by atoms with E-state index in [2.05, 4.69) is 0 Å². The van der Waals surface area contributed by atoms with Crippen molar-refractivity contribution in [1.82, 2.24) is 4.31 Å². The van der Waals surface area contributed by atoms with Gasteiger partial charge in [-0.25, -0.2) is 0 Å². The van der Waals surface area contributed by atoms with Crippen LogP contribution in [0.4, 0.5) is 0 Å². The SMILES string of the molecule is Cc1ccccc1C(=O)N(CC#N)SC(Cl)(Cl)Cl. The quantitative estimate of drug-likeness (QED) is 0.481. The van der Waals surface area contributed by atoms with Crippen molar-refractivity contribution in [2.75, 3.05) is 6.54 Å². The smallest absolute Gasteiger partial charge is 0.265 e. The minimum Gasteiger partial charge on any atom is -0.268 e. The second-order valence-corrected chi connectivity index (χ2v) is 7.54. The van der Waals surface area contributed by atoms with E-state index < -0.39 is 3.12 Å². The summed E-state index contributed by atoms with van der Waals surface area (Å²) in [5.74, 6) is -0.356. The van der Waals surface area contributed by atoms with E-state index in [0.717, 1.165) is 9.87 Å². The summed E-state index contributed by atoms with van der Waals surface area (Å²) in [6, 6.07) is 8.90. The summed E-state index contributed by atoms with van der Waals surface area (Å²) in [5.41, 5.74) is 1.28. The van der Waals surface area contributed by atoms with Crippen molar-refractivity contribution in [3.8, 4) is 6.07 Å². The van der Waals surface area contributed by atoms with E-state index in [1.54, 1.807) is 25.1 Å². The Hall–Kier alpha value is -0.600. The van der Waals surface area contributed by atoms with Crippen LogP contribution in [-0.2, 0) is 0 Å². The average molecular weight is 324 g/mol. The van der Waals surface area contributed by atoms with Gasteiger partial charge in [0.25, 0.3) is 9.03 Å². The van der Waals surface area contributed by atoms with Crippen LogP contribution >= 0.6 is 46.8 Å². The zero-order chi connectivity index (χ0) is 13.8. The van der Waals surface area contributed by atoms with E-state index in [1.807, 2.05) is 12.1 Å². The number of nitriles is 1. The third kappa shape index (κ3) is 4.58. The molecule has 0 bridgehead atoms. The Morgan fingerprint density at radius 1 is 1.44 bits per heavy atom. The van der Waals surface area contributed by atoms with Gasteiger partial charge >= 0.3 is 0 Å². The summed E-state index contributed by atoms with van der Waals surface area (Å²) < 4.78 is -0.551. The van der Waals surface area contributed by atoms with Crippen molar-refractivity contribution >= 4 is 52.7 Å². The second kappa shape index (κ2) is 6.53. The fourth-order valence-corrected chi connectivity index (χ4v) is 2.59. The number of carbonyl (C=O) groups is 1. The molecule has 0 aromatic heterocycles. The summed E-state index contributed by atoms with van der Waals surface area (Å²) in [7, 11) is 0. The Labute approximate surface area is 125 Å². The zero-order valence-corrected chi connectivity index (χ0v) is 12.4. The molecule has 3 nitrogen and oxygen atoms in total. The molecule has 0 aliphatic rings. The molecule has 0 atom stereocenters. The van der Waals surface area contributed by atoms with Crippen LogP contribution in [0, 0.1) is 18.3 Å². The van der Waals surface area contributed by atoms with E-state index in [1.165, 1.54) is 0 Å². The van der Waals surface area contributed by atoms with Crippen LogP contribution in [0.5, 0.6) is 0 Å². The lowest BCUT2D eigenvalue weighted by Crippen LogP contribution is -2.28. The van der Waals surface area contributed by atoms with Gasteiger partial charge in [-0.3, -0.25) is 9.10 Å². The number of hydrogen-bond donors (Lipinski definition) is 0. The molecule has 0 N–H and O–H groups in total. The largest absolute Gasteiger partial charge is 0.268 e. The van der Waals surface area contributed by atoms with Crippen LogP contribution in [0.3, 0.4) is 0 Å². The number of rotatable bonds is 3. The van der Waals surface area contributed by atoms with Gasteiger partial charge in [0.2, 0.25) is 0 Å². The summed E-state index contributed by atoms with van der Waals surface area (Å²) >= 11 is 17.6. The van der Waals surface area contributed by atoms with E-state index >= 15 is 0 Å². The molecule has 7 heteroatoms. The highest BCUT2D eigenvalue weighted by Gasteiger charge is 2.29. The number of carbonyl (C=O) groups excluding carboxylic acids is 1. The lowest BCUT2D eigenvalue weighted by molar-refractivity contribution is 0.0881. The molecule has 1 amide bonds. The highest BCUT2D eigenvalue weighted by atomic mass is 35.6. The molecule has 0 radical (unpaired) electrons. The van der Waals surface area contributed by atoms with Crippen molar-refractivity contribution in [3.63, 3.8) is 0 Å². The van der Waals surface area contributed by atoms with Crippen LogP contribution in [0.2, 0.25) is 0 Å². The van der Waals surface area contributed by atoms with Gasteiger partial charge in [-0.05, 0) is 18.6 Å². The fraction of sp³-hybridized carbons (Fsp3) is 0.273. The van der Waals surface area contributed by atoms with Gasteiger partial charge < -0.3 is 0 Å². The standard InChI is InChI=1S/C11H9Cl3N2OS/c1-8-4-2-3-5-9(8)10(17)16(7-6-15)18-11(12,13)14/h2-5H,7H2,1H3. The molecule has 0 heterocycles. The van der Waals surface area contributed by atoms with E-state index in [0.29, 0.717) is 17.5 Å². The van der Waals surface area contributed by atoms with Gasteiger partial charge in [-0.1, -0.05) is 53.0 Å². The Balaban J connectivity index is 2.97. The fourth-order valence-electron chi connectivity index (χ4n) is 1.28. The molecule has 0 saturated carbocycles. The molecule has 0 aliphatic heterocycles. The molecule has 0 unspecified atom stereocenters. The highest BCUT2D eigenvalue weighted by molar-refractivity contribution is 8.03. The molecule has 18 heavy (non-hydrogen) atoms. The molecule has 1 aromatic rings. The summed E-state index contributed by atoms with van der Waals surface area (Å²) in [4.78, 5) is 12.2. The Morgan fingerprint density at radius 3 is 2.56 bits per heavy atom. The van der Waals surface area contributed by atoms with E-state index in [9.17, 15) is 4.79 Å². The van der Waals surface area contributed by atoms with E-state index in [-0.39, 0.29) is 12.5 Å². The topological polar surface area (TPSA) is 44.1 Å². The molecule has 0 aliphatic carbocycles. The van der Waals surface area contributed by atoms with Gasteiger partial charge in [0.1, 0.15) is 6.54 Å². The number of benzene rings is 1. The lowest BCUT2D eigenvalue weighted by Gasteiger charge is -2.22. The van der Waals surface area contributed by atoms with Crippen LogP contribution in [0.25, 0.3) is 0 Å². The first-order valence-corrected chi connectivity index (χ1v) is 6.76. The van der Waals surface area contributed by atoms with Crippen molar-refractivity contribution < 1.29 is 4.79 Å². The minimum atomic E-state index is -1.69. The first kappa shape index (κ1) is 15.5. The number of aryl methyl sites for hydroxylation is 1. The molecule has 0 spiro atoms. The predicted octanol–water partition coefficient (Wildman–Crippen LogP) is 3.94. The van der Waals surface area contributed by atoms with Crippen LogP contribution in [0.15, 0.2) is 24.3 Å². The van der Waals surface area contributed by atoms with Crippen molar-refractivity contribution in [2.24, 2.45) is 0 Å². The number of alkyl halides is 3. The predicted molar refractivity (Wildman–Crippen MR) is 75.7 cm³/mol. The van der Waals surface area contributed by atoms with Gasteiger partial charge in [-0.15, -0.1) is 0 Å². The third-order valence-corrected chi connectivity index (χ3v) is 3.37. The minimum absolute atomic E-state index is 0.161. The second-order valence-electron chi connectivity index (χ2n) is 3.35. The molecule has 0 saturated heterocycles. The molecular weight excluding hydrogens is 315 g/mol. The normalized spacial score (nSPS) is 10.8.